The van der Waals surface area contributed by atoms with E-state index in [1.807, 2.05) is 0 Å². The lowest BCUT2D eigenvalue weighted by atomic mass is 9.82. The molecule has 84 valence electrons. The molecule has 0 aliphatic carbocycles. The van der Waals surface area contributed by atoms with Gasteiger partial charge in [-0.1, -0.05) is 13.8 Å². The predicted molar refractivity (Wildman–Crippen MR) is 59.3 cm³/mol. The van der Waals surface area contributed by atoms with Crippen LogP contribution in [0.1, 0.15) is 26.7 Å². The number of nitrogens with two attached hydrogens (primary N) is 1. The minimum atomic E-state index is 0.205. The normalized spacial score (nSPS) is 24.9. The van der Waals surface area contributed by atoms with Crippen molar-refractivity contribution in [3.05, 3.63) is 0 Å². The number of ether oxygens (including phenoxy) is 1. The first-order valence-electron chi connectivity index (χ1n) is 5.52. The molecule has 1 saturated heterocycles. The van der Waals surface area contributed by atoms with Crippen molar-refractivity contribution >= 4 is 0 Å². The number of hydrogen-bond acceptors (Lipinski definition) is 3. The fraction of sp³-hybridized carbons (Fsp3) is 1.00. The molecule has 2 N–H and O–H groups in total. The van der Waals surface area contributed by atoms with Crippen LogP contribution in [0.4, 0.5) is 0 Å². The van der Waals surface area contributed by atoms with E-state index in [4.69, 9.17) is 10.5 Å². The maximum atomic E-state index is 5.60. The van der Waals surface area contributed by atoms with E-state index in [1.54, 1.807) is 7.11 Å². The molecular formula is C11H24N2O. The number of piperidine rings is 1. The van der Waals surface area contributed by atoms with Crippen molar-refractivity contribution in [1.29, 1.82) is 0 Å². The van der Waals surface area contributed by atoms with Gasteiger partial charge in [-0.25, -0.2) is 0 Å². The Hall–Kier alpha value is -0.120. The SMILES string of the molecule is COC(CN)CN1CCC(C)(C)CC1. The van der Waals surface area contributed by atoms with Crippen molar-refractivity contribution in [2.75, 3.05) is 33.3 Å². The van der Waals surface area contributed by atoms with Crippen molar-refractivity contribution in [2.24, 2.45) is 11.1 Å². The summed E-state index contributed by atoms with van der Waals surface area (Å²) in [5.74, 6) is 0. The van der Waals surface area contributed by atoms with Gasteiger partial charge in [-0.05, 0) is 31.3 Å². The zero-order chi connectivity index (χ0) is 10.6. The van der Waals surface area contributed by atoms with Crippen LogP contribution in [0.25, 0.3) is 0 Å². The van der Waals surface area contributed by atoms with Gasteiger partial charge in [0.05, 0.1) is 6.10 Å². The van der Waals surface area contributed by atoms with Gasteiger partial charge in [0.2, 0.25) is 0 Å². The fourth-order valence-corrected chi connectivity index (χ4v) is 1.87. The third-order valence-corrected chi connectivity index (χ3v) is 3.27. The van der Waals surface area contributed by atoms with E-state index in [0.29, 0.717) is 12.0 Å². The smallest absolute Gasteiger partial charge is 0.0820 e. The largest absolute Gasteiger partial charge is 0.379 e. The number of nitrogens with zero attached hydrogens (tertiary/aromatic N) is 1. The van der Waals surface area contributed by atoms with Crippen LogP contribution < -0.4 is 5.73 Å². The molecule has 1 aliphatic heterocycles. The van der Waals surface area contributed by atoms with Crippen LogP contribution in [0.15, 0.2) is 0 Å². The minimum Gasteiger partial charge on any atom is -0.379 e. The molecule has 0 spiro atoms. The summed E-state index contributed by atoms with van der Waals surface area (Å²) in [5.41, 5.74) is 6.13. The monoisotopic (exact) mass is 200 g/mol. The molecular weight excluding hydrogens is 176 g/mol. The highest BCUT2D eigenvalue weighted by Crippen LogP contribution is 2.29. The van der Waals surface area contributed by atoms with Crippen LogP contribution >= 0.6 is 0 Å². The van der Waals surface area contributed by atoms with E-state index in [2.05, 4.69) is 18.7 Å². The lowest BCUT2D eigenvalue weighted by Crippen LogP contribution is -2.43. The summed E-state index contributed by atoms with van der Waals surface area (Å²) in [6.07, 6.45) is 2.78. The van der Waals surface area contributed by atoms with Crippen molar-refractivity contribution < 1.29 is 4.74 Å². The van der Waals surface area contributed by atoms with Gasteiger partial charge in [0, 0.05) is 20.2 Å². The summed E-state index contributed by atoms with van der Waals surface area (Å²) in [4.78, 5) is 2.46. The van der Waals surface area contributed by atoms with Crippen LogP contribution in [-0.4, -0.2) is 44.3 Å². The maximum absolute atomic E-state index is 5.60. The lowest BCUT2D eigenvalue weighted by Gasteiger charge is -2.38. The molecule has 0 amide bonds. The molecule has 0 aromatic rings. The average Bonchev–Trinajstić information content (AvgIpc) is 2.16. The standard InChI is InChI=1S/C11H24N2O/c1-11(2)4-6-13(7-5-11)9-10(8-12)14-3/h10H,4-9,12H2,1-3H3. The molecule has 0 bridgehead atoms. The van der Waals surface area contributed by atoms with Gasteiger partial charge in [0.15, 0.2) is 0 Å². The first kappa shape index (κ1) is 12.0. The Morgan fingerprint density at radius 2 is 1.93 bits per heavy atom. The molecule has 3 nitrogen and oxygen atoms in total. The summed E-state index contributed by atoms with van der Waals surface area (Å²) >= 11 is 0. The first-order chi connectivity index (χ1) is 6.57. The van der Waals surface area contributed by atoms with Gasteiger partial charge >= 0.3 is 0 Å². The topological polar surface area (TPSA) is 38.5 Å². The Morgan fingerprint density at radius 3 is 2.36 bits per heavy atom. The summed E-state index contributed by atoms with van der Waals surface area (Å²) in [6.45, 7) is 8.68. The Morgan fingerprint density at radius 1 is 1.36 bits per heavy atom. The van der Waals surface area contributed by atoms with Crippen molar-refractivity contribution in [2.45, 2.75) is 32.8 Å². The molecule has 1 fully saturated rings. The third kappa shape index (κ3) is 3.56. The Kier molecular flexibility index (Phi) is 4.35. The van der Waals surface area contributed by atoms with Crippen LogP contribution in [0.5, 0.6) is 0 Å². The quantitative estimate of drug-likeness (QED) is 0.738. The molecule has 14 heavy (non-hydrogen) atoms. The summed E-state index contributed by atoms with van der Waals surface area (Å²) in [5, 5.41) is 0. The molecule has 1 atom stereocenters. The average molecular weight is 200 g/mol. The molecule has 0 radical (unpaired) electrons. The number of hydrogen-bond donors (Lipinski definition) is 1. The second-order valence-corrected chi connectivity index (χ2v) is 5.06. The highest BCUT2D eigenvalue weighted by molar-refractivity contribution is 4.80. The van der Waals surface area contributed by atoms with E-state index in [9.17, 15) is 0 Å². The molecule has 0 aromatic carbocycles. The van der Waals surface area contributed by atoms with E-state index < -0.39 is 0 Å². The molecule has 0 aromatic heterocycles. The van der Waals surface area contributed by atoms with Gasteiger partial charge < -0.3 is 15.4 Å². The molecule has 1 aliphatic rings. The molecule has 1 heterocycles. The van der Waals surface area contributed by atoms with E-state index in [-0.39, 0.29) is 6.10 Å². The molecule has 1 rings (SSSR count). The predicted octanol–water partition coefficient (Wildman–Crippen LogP) is 1.08. The van der Waals surface area contributed by atoms with Gasteiger partial charge in [-0.2, -0.15) is 0 Å². The minimum absolute atomic E-state index is 0.205. The number of likely N-dealkylation sites (tertiary alicyclic amines) is 1. The Labute approximate surface area is 87.6 Å². The summed E-state index contributed by atoms with van der Waals surface area (Å²) in [6, 6.07) is 0. The van der Waals surface area contributed by atoms with Gasteiger partial charge in [0.25, 0.3) is 0 Å². The zero-order valence-corrected chi connectivity index (χ0v) is 9.75. The Bertz CT molecular complexity index is 157. The lowest BCUT2D eigenvalue weighted by molar-refractivity contribution is 0.0455. The number of methoxy groups -OCH3 is 1. The van der Waals surface area contributed by atoms with Crippen LogP contribution in [0.2, 0.25) is 0 Å². The second-order valence-electron chi connectivity index (χ2n) is 5.06. The first-order valence-corrected chi connectivity index (χ1v) is 5.52. The second kappa shape index (κ2) is 5.10. The van der Waals surface area contributed by atoms with Gasteiger partial charge in [0.1, 0.15) is 0 Å². The van der Waals surface area contributed by atoms with Crippen LogP contribution in [0, 0.1) is 5.41 Å². The summed E-state index contributed by atoms with van der Waals surface area (Å²) in [7, 11) is 1.74. The highest BCUT2D eigenvalue weighted by atomic mass is 16.5. The maximum Gasteiger partial charge on any atom is 0.0820 e. The molecule has 1 unspecified atom stereocenters. The van der Waals surface area contributed by atoms with E-state index >= 15 is 0 Å². The van der Waals surface area contributed by atoms with Gasteiger partial charge in [-0.3, -0.25) is 0 Å². The van der Waals surface area contributed by atoms with E-state index in [0.717, 1.165) is 6.54 Å². The van der Waals surface area contributed by atoms with E-state index in [1.165, 1.54) is 25.9 Å². The van der Waals surface area contributed by atoms with Gasteiger partial charge in [-0.15, -0.1) is 0 Å². The molecule has 0 saturated carbocycles. The third-order valence-electron chi connectivity index (χ3n) is 3.27. The van der Waals surface area contributed by atoms with Crippen LogP contribution in [0.3, 0.4) is 0 Å². The summed E-state index contributed by atoms with van der Waals surface area (Å²) < 4.78 is 5.29. The van der Waals surface area contributed by atoms with Crippen molar-refractivity contribution in [3.63, 3.8) is 0 Å². The fourth-order valence-electron chi connectivity index (χ4n) is 1.87. The zero-order valence-electron chi connectivity index (χ0n) is 9.75. The molecule has 3 heteroatoms. The van der Waals surface area contributed by atoms with Crippen molar-refractivity contribution in [1.82, 2.24) is 4.90 Å². The van der Waals surface area contributed by atoms with Crippen molar-refractivity contribution in [3.8, 4) is 0 Å². The highest BCUT2D eigenvalue weighted by Gasteiger charge is 2.26. The van der Waals surface area contributed by atoms with Crippen LogP contribution in [-0.2, 0) is 4.74 Å². The Balaban J connectivity index is 2.28. The number of rotatable bonds is 4.